The summed E-state index contributed by atoms with van der Waals surface area (Å²) in [7, 11) is 0. The minimum absolute atomic E-state index is 0.634. The van der Waals surface area contributed by atoms with Crippen molar-refractivity contribution in [2.24, 2.45) is 0 Å². The molecule has 2 unspecified atom stereocenters. The Morgan fingerprint density at radius 1 is 1.70 bits per heavy atom. The van der Waals surface area contributed by atoms with Crippen LogP contribution in [0, 0.1) is 0 Å². The molecule has 0 heterocycles. The van der Waals surface area contributed by atoms with Crippen LogP contribution >= 0.6 is 0 Å². The van der Waals surface area contributed by atoms with Gasteiger partial charge in [0.15, 0.2) is 11.4 Å². The minimum Gasteiger partial charge on any atom is -0.393 e. The predicted molar refractivity (Wildman–Crippen MR) is 34.4 cm³/mol. The molecule has 60 valence electrons. The van der Waals surface area contributed by atoms with E-state index in [-0.39, 0.29) is 0 Å². The summed E-state index contributed by atoms with van der Waals surface area (Å²) in [4.78, 5) is 10.6. The van der Waals surface area contributed by atoms with Gasteiger partial charge in [0.2, 0.25) is 0 Å². The first kappa shape index (κ1) is 9.55. The van der Waals surface area contributed by atoms with E-state index < -0.39 is 24.1 Å². The Morgan fingerprint density at radius 2 is 2.10 bits per heavy atom. The number of aliphatic hydroxyl groups is 3. The molecule has 3 N–H and O–H groups in total. The lowest BCUT2D eigenvalue weighted by atomic mass is 9.95. The van der Waals surface area contributed by atoms with Gasteiger partial charge < -0.3 is 15.3 Å². The number of ketones is 1. The van der Waals surface area contributed by atoms with Gasteiger partial charge in [-0.2, -0.15) is 0 Å². The standard InChI is InChI=1S/C6H12O4/c1-4(8)6(10,3-7)5(2)9/h4,7-8,10H,3H2,1-2H3. The Morgan fingerprint density at radius 3 is 2.10 bits per heavy atom. The summed E-state index contributed by atoms with van der Waals surface area (Å²) < 4.78 is 0. The van der Waals surface area contributed by atoms with E-state index in [9.17, 15) is 4.79 Å². The van der Waals surface area contributed by atoms with Crippen LogP contribution in [-0.4, -0.2) is 39.4 Å². The average molecular weight is 148 g/mol. The highest BCUT2D eigenvalue weighted by Gasteiger charge is 2.36. The zero-order valence-corrected chi connectivity index (χ0v) is 6.03. The molecule has 0 saturated heterocycles. The lowest BCUT2D eigenvalue weighted by Gasteiger charge is -2.25. The van der Waals surface area contributed by atoms with Crippen LogP contribution in [0.2, 0.25) is 0 Å². The molecule has 4 nitrogen and oxygen atoms in total. The van der Waals surface area contributed by atoms with Gasteiger partial charge in [0.25, 0.3) is 0 Å². The molecule has 0 aromatic heterocycles. The Hall–Kier alpha value is -0.450. The fraction of sp³-hybridized carbons (Fsp3) is 0.833. The Bertz CT molecular complexity index is 132. The van der Waals surface area contributed by atoms with Gasteiger partial charge >= 0.3 is 0 Å². The first-order chi connectivity index (χ1) is 4.45. The minimum atomic E-state index is -1.99. The molecule has 0 amide bonds. The smallest absolute Gasteiger partial charge is 0.171 e. The van der Waals surface area contributed by atoms with Crippen molar-refractivity contribution in [1.82, 2.24) is 0 Å². The first-order valence-electron chi connectivity index (χ1n) is 2.97. The maximum Gasteiger partial charge on any atom is 0.171 e. The van der Waals surface area contributed by atoms with E-state index >= 15 is 0 Å². The van der Waals surface area contributed by atoms with Crippen LogP contribution in [0.5, 0.6) is 0 Å². The van der Waals surface area contributed by atoms with Gasteiger partial charge in [0.05, 0.1) is 12.7 Å². The molecule has 0 aliphatic carbocycles. The molecule has 0 spiro atoms. The number of rotatable bonds is 3. The molecule has 0 aliphatic heterocycles. The third kappa shape index (κ3) is 1.53. The Balaban J connectivity index is 4.38. The van der Waals surface area contributed by atoms with E-state index in [0.29, 0.717) is 0 Å². The lowest BCUT2D eigenvalue weighted by Crippen LogP contribution is -2.50. The zero-order chi connectivity index (χ0) is 8.36. The van der Waals surface area contributed by atoms with Crippen LogP contribution in [0.25, 0.3) is 0 Å². The van der Waals surface area contributed by atoms with Gasteiger partial charge in [0, 0.05) is 0 Å². The zero-order valence-electron chi connectivity index (χ0n) is 6.03. The summed E-state index contributed by atoms with van der Waals surface area (Å²) >= 11 is 0. The third-order valence-corrected chi connectivity index (χ3v) is 1.54. The van der Waals surface area contributed by atoms with Crippen molar-refractivity contribution in [3.8, 4) is 0 Å². The fourth-order valence-corrected chi connectivity index (χ4v) is 0.538. The second-order valence-corrected chi connectivity index (χ2v) is 2.31. The molecule has 10 heavy (non-hydrogen) atoms. The molecule has 0 saturated carbocycles. The van der Waals surface area contributed by atoms with Crippen molar-refractivity contribution in [3.63, 3.8) is 0 Å². The molecule has 0 fully saturated rings. The first-order valence-corrected chi connectivity index (χ1v) is 2.97. The van der Waals surface area contributed by atoms with E-state index in [1.54, 1.807) is 0 Å². The largest absolute Gasteiger partial charge is 0.393 e. The number of aliphatic hydroxyl groups excluding tert-OH is 2. The number of carbonyl (C=O) groups excluding carboxylic acids is 1. The summed E-state index contributed by atoms with van der Waals surface area (Å²) in [5.41, 5.74) is -1.99. The summed E-state index contributed by atoms with van der Waals surface area (Å²) in [6, 6.07) is 0. The van der Waals surface area contributed by atoms with Crippen molar-refractivity contribution in [2.75, 3.05) is 6.61 Å². The highest BCUT2D eigenvalue weighted by atomic mass is 16.4. The normalized spacial score (nSPS) is 19.7. The lowest BCUT2D eigenvalue weighted by molar-refractivity contribution is -0.153. The van der Waals surface area contributed by atoms with Gasteiger partial charge in [-0.15, -0.1) is 0 Å². The van der Waals surface area contributed by atoms with Crippen LogP contribution in [0.1, 0.15) is 13.8 Å². The fourth-order valence-electron chi connectivity index (χ4n) is 0.538. The molecule has 2 atom stereocenters. The maximum absolute atomic E-state index is 10.6. The monoisotopic (exact) mass is 148 g/mol. The van der Waals surface area contributed by atoms with Gasteiger partial charge in [-0.25, -0.2) is 0 Å². The topological polar surface area (TPSA) is 77.8 Å². The van der Waals surface area contributed by atoms with Crippen molar-refractivity contribution in [2.45, 2.75) is 25.6 Å². The van der Waals surface area contributed by atoms with E-state index in [1.165, 1.54) is 6.92 Å². The highest BCUT2D eigenvalue weighted by Crippen LogP contribution is 2.10. The van der Waals surface area contributed by atoms with Crippen LogP contribution < -0.4 is 0 Å². The number of hydrogen-bond donors (Lipinski definition) is 3. The Labute approximate surface area is 59.1 Å². The molecule has 0 aromatic carbocycles. The predicted octanol–water partition coefficient (Wildman–Crippen LogP) is -1.32. The summed E-state index contributed by atoms with van der Waals surface area (Å²) in [6.45, 7) is 1.61. The quantitative estimate of drug-likeness (QED) is 0.464. The van der Waals surface area contributed by atoms with E-state index in [0.717, 1.165) is 6.92 Å². The summed E-state index contributed by atoms with van der Waals surface area (Å²) in [5, 5.41) is 26.4. The number of Topliss-reactive ketones (excluding diaryl/α,β-unsaturated/α-hetero) is 1. The molecular formula is C6H12O4. The van der Waals surface area contributed by atoms with E-state index in [2.05, 4.69) is 0 Å². The van der Waals surface area contributed by atoms with Crippen LogP contribution in [0.4, 0.5) is 0 Å². The molecule has 0 radical (unpaired) electrons. The highest BCUT2D eigenvalue weighted by molar-refractivity contribution is 5.85. The second kappa shape index (κ2) is 3.09. The van der Waals surface area contributed by atoms with Crippen molar-refractivity contribution in [1.29, 1.82) is 0 Å². The third-order valence-electron chi connectivity index (χ3n) is 1.54. The maximum atomic E-state index is 10.6. The molecular weight excluding hydrogens is 136 g/mol. The molecule has 0 bridgehead atoms. The van der Waals surface area contributed by atoms with Crippen molar-refractivity contribution >= 4 is 5.78 Å². The molecule has 4 heteroatoms. The van der Waals surface area contributed by atoms with Crippen molar-refractivity contribution < 1.29 is 20.1 Å². The SMILES string of the molecule is CC(=O)C(O)(CO)C(C)O. The van der Waals surface area contributed by atoms with Crippen LogP contribution in [-0.2, 0) is 4.79 Å². The average Bonchev–Trinajstić information content (AvgIpc) is 1.85. The summed E-state index contributed by atoms with van der Waals surface area (Å²) in [5.74, 6) is -0.634. The van der Waals surface area contributed by atoms with Gasteiger partial charge in [0.1, 0.15) is 0 Å². The Kier molecular flexibility index (Phi) is 2.96. The molecule has 0 aromatic rings. The molecule has 0 rings (SSSR count). The van der Waals surface area contributed by atoms with Crippen LogP contribution in [0.15, 0.2) is 0 Å². The van der Waals surface area contributed by atoms with Gasteiger partial charge in [-0.1, -0.05) is 0 Å². The number of carbonyl (C=O) groups is 1. The second-order valence-electron chi connectivity index (χ2n) is 2.31. The van der Waals surface area contributed by atoms with E-state index in [4.69, 9.17) is 15.3 Å². The van der Waals surface area contributed by atoms with Gasteiger partial charge in [-0.3, -0.25) is 4.79 Å². The van der Waals surface area contributed by atoms with E-state index in [1.807, 2.05) is 0 Å². The number of hydrogen-bond acceptors (Lipinski definition) is 4. The van der Waals surface area contributed by atoms with Gasteiger partial charge in [-0.05, 0) is 13.8 Å². The van der Waals surface area contributed by atoms with Crippen molar-refractivity contribution in [3.05, 3.63) is 0 Å². The molecule has 0 aliphatic rings. The van der Waals surface area contributed by atoms with Crippen LogP contribution in [0.3, 0.4) is 0 Å². The summed E-state index contributed by atoms with van der Waals surface area (Å²) in [6.07, 6.45) is -1.24.